The lowest BCUT2D eigenvalue weighted by atomic mass is 10.1. The van der Waals surface area contributed by atoms with Crippen LogP contribution in [-0.2, 0) is 16.0 Å². The summed E-state index contributed by atoms with van der Waals surface area (Å²) >= 11 is 0. The number of carboxylic acid groups (broad SMARTS) is 1. The molecule has 4 heteroatoms. The molecule has 4 nitrogen and oxygen atoms in total. The predicted octanol–water partition coefficient (Wildman–Crippen LogP) is 1.76. The van der Waals surface area contributed by atoms with Gasteiger partial charge in [0, 0.05) is 12.1 Å². The molecule has 0 aliphatic rings. The van der Waals surface area contributed by atoms with Crippen LogP contribution in [0.25, 0.3) is 0 Å². The minimum Gasteiger partial charge on any atom is -0.480 e. The molecule has 0 aromatic heterocycles. The highest BCUT2D eigenvalue weighted by atomic mass is 16.4. The third-order valence-electron chi connectivity index (χ3n) is 2.40. The molecule has 0 amide bonds. The van der Waals surface area contributed by atoms with E-state index in [-0.39, 0.29) is 5.78 Å². The molecule has 1 rings (SSSR count). The van der Waals surface area contributed by atoms with Crippen LogP contribution in [0.2, 0.25) is 0 Å². The van der Waals surface area contributed by atoms with Crippen LogP contribution in [0.1, 0.15) is 19.4 Å². The molecule has 18 heavy (non-hydrogen) atoms. The van der Waals surface area contributed by atoms with Gasteiger partial charge < -0.3 is 10.4 Å². The summed E-state index contributed by atoms with van der Waals surface area (Å²) in [5.74, 6) is -1.04. The lowest BCUT2D eigenvalue weighted by Gasteiger charge is -2.16. The second kappa shape index (κ2) is 6.59. The van der Waals surface area contributed by atoms with Gasteiger partial charge in [0.2, 0.25) is 0 Å². The van der Waals surface area contributed by atoms with Gasteiger partial charge in [-0.3, -0.25) is 4.79 Å². The molecule has 0 spiro atoms. The molecule has 0 heterocycles. The summed E-state index contributed by atoms with van der Waals surface area (Å²) in [7, 11) is 0. The second-order valence-electron chi connectivity index (χ2n) is 4.16. The zero-order valence-electron chi connectivity index (χ0n) is 10.5. The monoisotopic (exact) mass is 247 g/mol. The van der Waals surface area contributed by atoms with Gasteiger partial charge in [0.25, 0.3) is 0 Å². The van der Waals surface area contributed by atoms with Crippen LogP contribution >= 0.6 is 0 Å². The Morgan fingerprint density at radius 1 is 1.28 bits per heavy atom. The van der Waals surface area contributed by atoms with Crippen molar-refractivity contribution in [2.75, 3.05) is 0 Å². The van der Waals surface area contributed by atoms with Crippen LogP contribution < -0.4 is 5.32 Å². The van der Waals surface area contributed by atoms with E-state index in [0.29, 0.717) is 12.1 Å². The van der Waals surface area contributed by atoms with Crippen LogP contribution in [0, 0.1) is 0 Å². The smallest absolute Gasteiger partial charge is 0.326 e. The molecule has 0 saturated heterocycles. The molecule has 0 saturated carbocycles. The normalized spacial score (nSPS) is 12.9. The molecule has 96 valence electrons. The van der Waals surface area contributed by atoms with Crippen molar-refractivity contribution in [3.8, 4) is 0 Å². The number of rotatable bonds is 6. The van der Waals surface area contributed by atoms with Crippen molar-refractivity contribution in [3.63, 3.8) is 0 Å². The summed E-state index contributed by atoms with van der Waals surface area (Å²) in [6.45, 7) is 3.11. The number of nitrogens with one attached hydrogen (secondary N) is 1. The summed E-state index contributed by atoms with van der Waals surface area (Å²) in [4.78, 5) is 22.1. The minimum atomic E-state index is -0.935. The van der Waals surface area contributed by atoms with E-state index in [1.807, 2.05) is 30.3 Å². The van der Waals surface area contributed by atoms with Gasteiger partial charge in [-0.25, -0.2) is 4.79 Å². The largest absolute Gasteiger partial charge is 0.480 e. The fourth-order valence-corrected chi connectivity index (χ4v) is 1.67. The average molecular weight is 247 g/mol. The average Bonchev–Trinajstić information content (AvgIpc) is 2.28. The molecule has 1 aromatic carbocycles. The van der Waals surface area contributed by atoms with Gasteiger partial charge in [0.1, 0.15) is 6.04 Å². The minimum absolute atomic E-state index is 0.108. The second-order valence-corrected chi connectivity index (χ2v) is 4.16. The molecule has 1 atom stereocenters. The lowest BCUT2D eigenvalue weighted by molar-refractivity contribution is -0.139. The van der Waals surface area contributed by atoms with Crippen molar-refractivity contribution in [1.82, 2.24) is 5.32 Å². The molecule has 0 aliphatic carbocycles. The number of carbonyl (C=O) groups excluding carboxylic acids is 1. The number of hydrogen-bond acceptors (Lipinski definition) is 3. The van der Waals surface area contributed by atoms with E-state index in [1.54, 1.807) is 6.92 Å². The quantitative estimate of drug-likeness (QED) is 0.752. The third kappa shape index (κ3) is 4.82. The predicted molar refractivity (Wildman–Crippen MR) is 69.1 cm³/mol. The fraction of sp³-hybridized carbons (Fsp3) is 0.286. The Morgan fingerprint density at radius 3 is 2.39 bits per heavy atom. The molecule has 2 N–H and O–H groups in total. The van der Waals surface area contributed by atoms with E-state index < -0.39 is 12.0 Å². The Kier molecular flexibility index (Phi) is 5.11. The SMILES string of the molecule is CC(=O)/C=C(/C)NC(Cc1ccccc1)C(=O)O. The van der Waals surface area contributed by atoms with Crippen molar-refractivity contribution < 1.29 is 14.7 Å². The van der Waals surface area contributed by atoms with Crippen LogP contribution in [0.4, 0.5) is 0 Å². The first kappa shape index (κ1) is 14.0. The molecular formula is C14H17NO3. The molecule has 0 aliphatic heterocycles. The number of hydrogen-bond donors (Lipinski definition) is 2. The molecule has 1 unspecified atom stereocenters. The topological polar surface area (TPSA) is 66.4 Å². The summed E-state index contributed by atoms with van der Waals surface area (Å²) < 4.78 is 0. The zero-order valence-corrected chi connectivity index (χ0v) is 10.5. The number of carboxylic acids is 1. The van der Waals surface area contributed by atoms with E-state index in [4.69, 9.17) is 5.11 Å². The molecular weight excluding hydrogens is 230 g/mol. The first-order valence-electron chi connectivity index (χ1n) is 5.71. The van der Waals surface area contributed by atoms with Crippen LogP contribution in [0.5, 0.6) is 0 Å². The van der Waals surface area contributed by atoms with Crippen LogP contribution in [0.15, 0.2) is 42.1 Å². The lowest BCUT2D eigenvalue weighted by Crippen LogP contribution is -2.37. The Bertz CT molecular complexity index is 451. The van der Waals surface area contributed by atoms with Crippen molar-refractivity contribution >= 4 is 11.8 Å². The summed E-state index contributed by atoms with van der Waals surface area (Å²) in [5, 5.41) is 12.0. The van der Waals surface area contributed by atoms with E-state index >= 15 is 0 Å². The van der Waals surface area contributed by atoms with Crippen molar-refractivity contribution in [2.24, 2.45) is 0 Å². The van der Waals surface area contributed by atoms with Crippen molar-refractivity contribution in [2.45, 2.75) is 26.3 Å². The highest BCUT2D eigenvalue weighted by molar-refractivity contribution is 5.88. The van der Waals surface area contributed by atoms with E-state index in [9.17, 15) is 9.59 Å². The summed E-state index contributed by atoms with van der Waals surface area (Å²) in [5.41, 5.74) is 1.50. The van der Waals surface area contributed by atoms with Crippen LogP contribution in [-0.4, -0.2) is 22.9 Å². The van der Waals surface area contributed by atoms with E-state index in [1.165, 1.54) is 13.0 Å². The molecule has 1 aromatic rings. The van der Waals surface area contributed by atoms with Crippen LogP contribution in [0.3, 0.4) is 0 Å². The summed E-state index contributed by atoms with van der Waals surface area (Å²) in [6.07, 6.45) is 1.76. The van der Waals surface area contributed by atoms with E-state index in [2.05, 4.69) is 5.32 Å². The number of aliphatic carboxylic acids is 1. The standard InChI is InChI=1S/C14H17NO3/c1-10(8-11(2)16)15-13(14(17)18)9-12-6-4-3-5-7-12/h3-8,13,15H,9H2,1-2H3,(H,17,18)/b10-8-. The van der Waals surface area contributed by atoms with Gasteiger partial charge in [0.15, 0.2) is 5.78 Å². The Labute approximate surface area is 106 Å². The Hall–Kier alpha value is -2.10. The Morgan fingerprint density at radius 2 is 1.89 bits per heavy atom. The first-order valence-corrected chi connectivity index (χ1v) is 5.71. The fourth-order valence-electron chi connectivity index (χ4n) is 1.67. The highest BCUT2D eigenvalue weighted by Crippen LogP contribution is 2.05. The number of allylic oxidation sites excluding steroid dienone is 2. The van der Waals surface area contributed by atoms with Crippen molar-refractivity contribution in [1.29, 1.82) is 0 Å². The summed E-state index contributed by atoms with van der Waals surface area (Å²) in [6, 6.07) is 8.64. The maximum Gasteiger partial charge on any atom is 0.326 e. The van der Waals surface area contributed by atoms with Gasteiger partial charge >= 0.3 is 5.97 Å². The zero-order chi connectivity index (χ0) is 13.5. The highest BCUT2D eigenvalue weighted by Gasteiger charge is 2.17. The third-order valence-corrected chi connectivity index (χ3v) is 2.40. The maximum atomic E-state index is 11.2. The first-order chi connectivity index (χ1) is 8.49. The Balaban J connectivity index is 2.73. The molecule has 0 radical (unpaired) electrons. The van der Waals surface area contributed by atoms with Crippen molar-refractivity contribution in [3.05, 3.63) is 47.7 Å². The molecule has 0 fully saturated rings. The number of carbonyl (C=O) groups is 2. The van der Waals surface area contributed by atoms with Gasteiger partial charge in [-0.2, -0.15) is 0 Å². The van der Waals surface area contributed by atoms with E-state index in [0.717, 1.165) is 5.56 Å². The van der Waals surface area contributed by atoms with Gasteiger partial charge in [0.05, 0.1) is 0 Å². The van der Waals surface area contributed by atoms with Gasteiger partial charge in [-0.1, -0.05) is 30.3 Å². The maximum absolute atomic E-state index is 11.2. The number of ketones is 1. The molecule has 0 bridgehead atoms. The van der Waals surface area contributed by atoms with Gasteiger partial charge in [-0.15, -0.1) is 0 Å². The van der Waals surface area contributed by atoms with Gasteiger partial charge in [-0.05, 0) is 25.5 Å². The number of benzene rings is 1.